The minimum Gasteiger partial charge on any atom is -0.494 e. The SMILES string of the molecule is CCCOc1ccc(CNC(C)c2ccc3[nH]c(=O)[nH]c3c2)cc1. The van der Waals surface area contributed by atoms with Crippen molar-refractivity contribution in [2.24, 2.45) is 0 Å². The van der Waals surface area contributed by atoms with Gasteiger partial charge in [0.15, 0.2) is 0 Å². The van der Waals surface area contributed by atoms with Crippen LogP contribution in [0.4, 0.5) is 0 Å². The molecule has 24 heavy (non-hydrogen) atoms. The highest BCUT2D eigenvalue weighted by Gasteiger charge is 2.07. The van der Waals surface area contributed by atoms with Crippen molar-refractivity contribution in [2.75, 3.05) is 6.61 Å². The molecule has 0 aliphatic heterocycles. The van der Waals surface area contributed by atoms with Crippen LogP contribution >= 0.6 is 0 Å². The van der Waals surface area contributed by atoms with Crippen LogP contribution in [0.25, 0.3) is 11.0 Å². The maximum absolute atomic E-state index is 11.3. The van der Waals surface area contributed by atoms with E-state index in [1.54, 1.807) is 0 Å². The molecule has 0 spiro atoms. The molecule has 5 nitrogen and oxygen atoms in total. The molecule has 3 N–H and O–H groups in total. The van der Waals surface area contributed by atoms with Crippen molar-refractivity contribution in [1.29, 1.82) is 0 Å². The fourth-order valence-electron chi connectivity index (χ4n) is 2.63. The van der Waals surface area contributed by atoms with E-state index in [1.807, 2.05) is 30.3 Å². The number of aromatic amines is 2. The van der Waals surface area contributed by atoms with Crippen LogP contribution in [0, 0.1) is 0 Å². The molecular weight excluding hydrogens is 302 g/mol. The van der Waals surface area contributed by atoms with E-state index in [1.165, 1.54) is 5.56 Å². The van der Waals surface area contributed by atoms with Gasteiger partial charge in [0, 0.05) is 12.6 Å². The number of rotatable bonds is 7. The number of nitrogens with one attached hydrogen (secondary N) is 3. The van der Waals surface area contributed by atoms with E-state index >= 15 is 0 Å². The number of imidazole rings is 1. The molecule has 5 heteroatoms. The number of benzene rings is 2. The highest BCUT2D eigenvalue weighted by Crippen LogP contribution is 2.18. The van der Waals surface area contributed by atoms with Gasteiger partial charge in [0.25, 0.3) is 0 Å². The molecule has 0 amide bonds. The molecule has 0 bridgehead atoms. The number of aromatic nitrogens is 2. The average Bonchev–Trinajstić information content (AvgIpc) is 2.97. The quantitative estimate of drug-likeness (QED) is 0.623. The molecule has 3 rings (SSSR count). The lowest BCUT2D eigenvalue weighted by Gasteiger charge is -2.15. The van der Waals surface area contributed by atoms with Crippen LogP contribution in [0.3, 0.4) is 0 Å². The summed E-state index contributed by atoms with van der Waals surface area (Å²) in [5, 5.41) is 3.51. The normalized spacial score (nSPS) is 12.4. The number of H-pyrrole nitrogens is 2. The molecule has 1 unspecified atom stereocenters. The first kappa shape index (κ1) is 16.3. The lowest BCUT2D eigenvalue weighted by Crippen LogP contribution is -2.18. The molecule has 0 saturated heterocycles. The third-order valence-electron chi connectivity index (χ3n) is 4.05. The van der Waals surface area contributed by atoms with Crippen LogP contribution in [0.2, 0.25) is 0 Å². The van der Waals surface area contributed by atoms with Crippen molar-refractivity contribution >= 4 is 11.0 Å². The molecule has 1 heterocycles. The number of hydrogen-bond acceptors (Lipinski definition) is 3. The van der Waals surface area contributed by atoms with E-state index in [9.17, 15) is 4.79 Å². The minimum atomic E-state index is -0.173. The average molecular weight is 325 g/mol. The summed E-state index contributed by atoms with van der Waals surface area (Å²) in [5.41, 5.74) is 3.85. The van der Waals surface area contributed by atoms with Gasteiger partial charge < -0.3 is 20.0 Å². The molecule has 1 aromatic heterocycles. The van der Waals surface area contributed by atoms with Crippen LogP contribution in [0.5, 0.6) is 5.75 Å². The van der Waals surface area contributed by atoms with Crippen LogP contribution in [-0.4, -0.2) is 16.6 Å². The van der Waals surface area contributed by atoms with Gasteiger partial charge >= 0.3 is 5.69 Å². The second-order valence-corrected chi connectivity index (χ2v) is 5.98. The molecule has 126 valence electrons. The summed E-state index contributed by atoms with van der Waals surface area (Å²) in [4.78, 5) is 16.9. The molecule has 0 radical (unpaired) electrons. The van der Waals surface area contributed by atoms with Crippen molar-refractivity contribution in [2.45, 2.75) is 32.9 Å². The predicted octanol–water partition coefficient (Wildman–Crippen LogP) is 3.50. The predicted molar refractivity (Wildman–Crippen MR) is 96.4 cm³/mol. The molecule has 3 aromatic rings. The van der Waals surface area contributed by atoms with E-state index < -0.39 is 0 Å². The van der Waals surface area contributed by atoms with E-state index in [2.05, 4.69) is 41.3 Å². The highest BCUT2D eigenvalue weighted by molar-refractivity contribution is 5.75. The third kappa shape index (κ3) is 3.86. The lowest BCUT2D eigenvalue weighted by molar-refractivity contribution is 0.317. The Kier molecular flexibility index (Phi) is 5.01. The smallest absolute Gasteiger partial charge is 0.323 e. The van der Waals surface area contributed by atoms with Crippen molar-refractivity contribution in [1.82, 2.24) is 15.3 Å². The summed E-state index contributed by atoms with van der Waals surface area (Å²) in [7, 11) is 0. The van der Waals surface area contributed by atoms with Gasteiger partial charge in [0.1, 0.15) is 5.75 Å². The summed E-state index contributed by atoms with van der Waals surface area (Å²) in [6.45, 7) is 5.74. The van der Waals surface area contributed by atoms with Gasteiger partial charge in [-0.05, 0) is 48.7 Å². The van der Waals surface area contributed by atoms with E-state index in [0.29, 0.717) is 0 Å². The zero-order valence-electron chi connectivity index (χ0n) is 14.1. The van der Waals surface area contributed by atoms with E-state index in [4.69, 9.17) is 4.74 Å². The Bertz CT molecular complexity index is 849. The Balaban J connectivity index is 1.61. The fraction of sp³-hybridized carbons (Fsp3) is 0.316. The van der Waals surface area contributed by atoms with Gasteiger partial charge in [-0.25, -0.2) is 4.79 Å². The van der Waals surface area contributed by atoms with Crippen LogP contribution in [0.1, 0.15) is 37.4 Å². The zero-order chi connectivity index (χ0) is 16.9. The topological polar surface area (TPSA) is 69.9 Å². The first-order chi connectivity index (χ1) is 11.7. The number of fused-ring (bicyclic) bond motifs is 1. The molecule has 2 aromatic carbocycles. The van der Waals surface area contributed by atoms with Gasteiger partial charge in [-0.15, -0.1) is 0 Å². The Hall–Kier alpha value is -2.53. The minimum absolute atomic E-state index is 0.173. The number of ether oxygens (including phenoxy) is 1. The van der Waals surface area contributed by atoms with Gasteiger partial charge in [-0.1, -0.05) is 25.1 Å². The monoisotopic (exact) mass is 325 g/mol. The van der Waals surface area contributed by atoms with Gasteiger partial charge in [0.2, 0.25) is 0 Å². The summed E-state index contributed by atoms with van der Waals surface area (Å²) >= 11 is 0. The van der Waals surface area contributed by atoms with E-state index in [0.717, 1.165) is 41.9 Å². The molecule has 0 saturated carbocycles. The van der Waals surface area contributed by atoms with Crippen LogP contribution < -0.4 is 15.7 Å². The Morgan fingerprint density at radius 1 is 1.08 bits per heavy atom. The van der Waals surface area contributed by atoms with Crippen LogP contribution in [0.15, 0.2) is 47.3 Å². The van der Waals surface area contributed by atoms with Crippen molar-refractivity contribution in [3.63, 3.8) is 0 Å². The van der Waals surface area contributed by atoms with Gasteiger partial charge in [0.05, 0.1) is 17.6 Å². The first-order valence-electron chi connectivity index (χ1n) is 8.33. The molecular formula is C19H23N3O2. The number of hydrogen-bond donors (Lipinski definition) is 3. The maximum atomic E-state index is 11.3. The van der Waals surface area contributed by atoms with Gasteiger partial charge in [-0.2, -0.15) is 0 Å². The third-order valence-corrected chi connectivity index (χ3v) is 4.05. The maximum Gasteiger partial charge on any atom is 0.323 e. The standard InChI is InChI=1S/C19H23N3O2/c1-3-10-24-16-7-4-14(5-8-16)12-20-13(2)15-6-9-17-18(11-15)22-19(23)21-17/h4-9,11,13,20H,3,10,12H2,1-2H3,(H2,21,22,23). The van der Waals surface area contributed by atoms with Crippen molar-refractivity contribution in [3.8, 4) is 5.75 Å². The Morgan fingerprint density at radius 2 is 1.83 bits per heavy atom. The van der Waals surface area contributed by atoms with Gasteiger partial charge in [-0.3, -0.25) is 0 Å². The lowest BCUT2D eigenvalue weighted by atomic mass is 10.1. The first-order valence-corrected chi connectivity index (χ1v) is 8.33. The summed E-state index contributed by atoms with van der Waals surface area (Å²) in [6, 6.07) is 14.3. The largest absolute Gasteiger partial charge is 0.494 e. The van der Waals surface area contributed by atoms with Crippen molar-refractivity contribution in [3.05, 3.63) is 64.1 Å². The second kappa shape index (κ2) is 7.36. The molecule has 1 atom stereocenters. The Labute approximate surface area is 141 Å². The summed E-state index contributed by atoms with van der Waals surface area (Å²) in [5.74, 6) is 0.913. The summed E-state index contributed by atoms with van der Waals surface area (Å²) in [6.07, 6.45) is 1.01. The molecule has 0 aliphatic rings. The molecule has 0 fully saturated rings. The van der Waals surface area contributed by atoms with Crippen LogP contribution in [-0.2, 0) is 6.54 Å². The second-order valence-electron chi connectivity index (χ2n) is 5.98. The zero-order valence-corrected chi connectivity index (χ0v) is 14.1. The van der Waals surface area contributed by atoms with Crippen molar-refractivity contribution < 1.29 is 4.74 Å². The summed E-state index contributed by atoms with van der Waals surface area (Å²) < 4.78 is 5.60. The fourth-order valence-corrected chi connectivity index (χ4v) is 2.63. The molecule has 0 aliphatic carbocycles. The highest BCUT2D eigenvalue weighted by atomic mass is 16.5. The Morgan fingerprint density at radius 3 is 2.58 bits per heavy atom. The van der Waals surface area contributed by atoms with E-state index in [-0.39, 0.29) is 11.7 Å².